The van der Waals surface area contributed by atoms with Gasteiger partial charge in [0.25, 0.3) is 0 Å². The fraction of sp³-hybridized carbons (Fsp3) is 0.333. The van der Waals surface area contributed by atoms with E-state index < -0.39 is 6.04 Å². The third-order valence-electron chi connectivity index (χ3n) is 2.20. The molecule has 2 heterocycles. The minimum atomic E-state index is -0.429. The molecule has 1 aromatic rings. The summed E-state index contributed by atoms with van der Waals surface area (Å²) in [5.41, 5.74) is 0. The maximum atomic E-state index is 11.6. The van der Waals surface area contributed by atoms with Crippen molar-refractivity contribution in [1.82, 2.24) is 10.2 Å². The van der Waals surface area contributed by atoms with E-state index in [-0.39, 0.29) is 5.91 Å². The van der Waals surface area contributed by atoms with Crippen molar-refractivity contribution in [3.05, 3.63) is 22.4 Å². The van der Waals surface area contributed by atoms with Crippen LogP contribution in [-0.2, 0) is 9.59 Å². The van der Waals surface area contributed by atoms with Gasteiger partial charge in [0.2, 0.25) is 12.3 Å². The van der Waals surface area contributed by atoms with Crippen molar-refractivity contribution in [1.29, 1.82) is 0 Å². The quantitative estimate of drug-likeness (QED) is 0.717. The maximum absolute atomic E-state index is 11.6. The maximum Gasteiger partial charge on any atom is 0.248 e. The summed E-state index contributed by atoms with van der Waals surface area (Å²) in [6, 6.07) is 3.32. The lowest BCUT2D eigenvalue weighted by molar-refractivity contribution is -0.136. The Balaban J connectivity index is 2.28. The summed E-state index contributed by atoms with van der Waals surface area (Å²) in [7, 11) is 0. The van der Waals surface area contributed by atoms with Crippen LogP contribution in [0.5, 0.6) is 0 Å². The number of rotatable bonds is 2. The first kappa shape index (κ1) is 9.21. The molecule has 4 nitrogen and oxygen atoms in total. The zero-order valence-electron chi connectivity index (χ0n) is 7.47. The van der Waals surface area contributed by atoms with Crippen LogP contribution in [0.4, 0.5) is 0 Å². The van der Waals surface area contributed by atoms with Gasteiger partial charge in [-0.15, -0.1) is 11.3 Å². The predicted octanol–water partition coefficient (Wildman–Crippen LogP) is 0.377. The highest BCUT2D eigenvalue weighted by atomic mass is 32.1. The lowest BCUT2D eigenvalue weighted by atomic mass is 10.1. The van der Waals surface area contributed by atoms with Crippen LogP contribution in [0.3, 0.4) is 0 Å². The van der Waals surface area contributed by atoms with E-state index in [1.165, 1.54) is 16.2 Å². The van der Waals surface area contributed by atoms with E-state index in [0.717, 1.165) is 11.3 Å². The zero-order valence-corrected chi connectivity index (χ0v) is 8.29. The fourth-order valence-corrected chi connectivity index (χ4v) is 2.38. The van der Waals surface area contributed by atoms with E-state index in [2.05, 4.69) is 5.32 Å². The summed E-state index contributed by atoms with van der Waals surface area (Å²) in [5, 5.41) is 4.65. The molecular weight excluding hydrogens is 200 g/mol. The van der Waals surface area contributed by atoms with Gasteiger partial charge >= 0.3 is 0 Å². The Bertz CT molecular complexity index is 337. The summed E-state index contributed by atoms with van der Waals surface area (Å²) in [6.07, 6.45) is 0.739. The van der Waals surface area contributed by atoms with Crippen LogP contribution < -0.4 is 5.32 Å². The first-order valence-corrected chi connectivity index (χ1v) is 5.23. The Kier molecular flexibility index (Phi) is 2.49. The second-order valence-electron chi connectivity index (χ2n) is 3.05. The number of nitrogens with one attached hydrogen (secondary N) is 1. The Morgan fingerprint density at radius 3 is 3.14 bits per heavy atom. The normalized spacial score (nSPS) is 21.9. The highest BCUT2D eigenvalue weighted by Gasteiger charge is 2.30. The minimum Gasteiger partial charge on any atom is -0.352 e. The molecule has 14 heavy (non-hydrogen) atoms. The standard InChI is InChI=1S/C9H10N2O2S/c12-6-11-4-3-10-9(13)8(11)7-2-1-5-14-7/h1-2,5-6,8H,3-4H2,(H,10,13). The van der Waals surface area contributed by atoms with Crippen LogP contribution in [0, 0.1) is 0 Å². The van der Waals surface area contributed by atoms with Gasteiger partial charge in [-0.25, -0.2) is 0 Å². The number of hydrogen-bond donors (Lipinski definition) is 1. The number of thiophene rings is 1. The molecule has 1 aliphatic heterocycles. The van der Waals surface area contributed by atoms with Crippen molar-refractivity contribution in [2.75, 3.05) is 13.1 Å². The predicted molar refractivity (Wildman–Crippen MR) is 52.8 cm³/mol. The Morgan fingerprint density at radius 1 is 1.64 bits per heavy atom. The summed E-state index contributed by atoms with van der Waals surface area (Å²) in [4.78, 5) is 24.8. The van der Waals surface area contributed by atoms with Gasteiger partial charge in [-0.2, -0.15) is 0 Å². The average Bonchev–Trinajstić information content (AvgIpc) is 2.70. The number of carbonyl (C=O) groups is 2. The van der Waals surface area contributed by atoms with Crippen molar-refractivity contribution in [2.45, 2.75) is 6.04 Å². The van der Waals surface area contributed by atoms with Crippen molar-refractivity contribution in [3.8, 4) is 0 Å². The zero-order chi connectivity index (χ0) is 9.97. The van der Waals surface area contributed by atoms with Gasteiger partial charge in [-0.1, -0.05) is 6.07 Å². The molecule has 2 rings (SSSR count). The lowest BCUT2D eigenvalue weighted by Gasteiger charge is -2.31. The molecule has 0 bridgehead atoms. The SMILES string of the molecule is O=CN1CCNC(=O)C1c1cccs1. The molecule has 5 heteroatoms. The average molecular weight is 210 g/mol. The lowest BCUT2D eigenvalue weighted by Crippen LogP contribution is -2.49. The molecule has 1 saturated heterocycles. The monoisotopic (exact) mass is 210 g/mol. The van der Waals surface area contributed by atoms with E-state index in [1.807, 2.05) is 17.5 Å². The molecule has 1 aromatic heterocycles. The van der Waals surface area contributed by atoms with Crippen LogP contribution >= 0.6 is 11.3 Å². The molecular formula is C9H10N2O2S. The second kappa shape index (κ2) is 3.79. The molecule has 1 fully saturated rings. The number of nitrogens with zero attached hydrogens (tertiary/aromatic N) is 1. The number of hydrogen-bond acceptors (Lipinski definition) is 3. The van der Waals surface area contributed by atoms with Gasteiger partial charge in [0.1, 0.15) is 6.04 Å². The van der Waals surface area contributed by atoms with Crippen LogP contribution in [0.25, 0.3) is 0 Å². The molecule has 0 aromatic carbocycles. The van der Waals surface area contributed by atoms with Gasteiger partial charge in [-0.05, 0) is 11.4 Å². The van der Waals surface area contributed by atoms with Crippen LogP contribution in [0.2, 0.25) is 0 Å². The summed E-state index contributed by atoms with van der Waals surface area (Å²) in [6.45, 7) is 1.12. The van der Waals surface area contributed by atoms with Gasteiger partial charge in [0, 0.05) is 18.0 Å². The molecule has 74 valence electrons. The third-order valence-corrected chi connectivity index (χ3v) is 3.12. The van der Waals surface area contributed by atoms with Crippen LogP contribution in [-0.4, -0.2) is 30.3 Å². The Hall–Kier alpha value is -1.36. The van der Waals surface area contributed by atoms with Crippen LogP contribution in [0.15, 0.2) is 17.5 Å². The first-order chi connectivity index (χ1) is 6.83. The summed E-state index contributed by atoms with van der Waals surface area (Å²) >= 11 is 1.49. The Labute approximate surface area is 85.5 Å². The van der Waals surface area contributed by atoms with E-state index in [1.54, 1.807) is 0 Å². The molecule has 0 aliphatic carbocycles. The molecule has 1 atom stereocenters. The fourth-order valence-electron chi connectivity index (χ4n) is 1.54. The molecule has 0 saturated carbocycles. The highest BCUT2D eigenvalue weighted by molar-refractivity contribution is 7.10. The van der Waals surface area contributed by atoms with Crippen molar-refractivity contribution in [2.24, 2.45) is 0 Å². The molecule has 1 aliphatic rings. The molecule has 1 unspecified atom stereocenters. The minimum absolute atomic E-state index is 0.0919. The van der Waals surface area contributed by atoms with Gasteiger partial charge in [-0.3, -0.25) is 9.59 Å². The number of piperazine rings is 1. The summed E-state index contributed by atoms with van der Waals surface area (Å²) in [5.74, 6) is -0.0919. The van der Waals surface area contributed by atoms with Crippen molar-refractivity contribution in [3.63, 3.8) is 0 Å². The summed E-state index contributed by atoms with van der Waals surface area (Å²) < 4.78 is 0. The third kappa shape index (κ3) is 1.50. The van der Waals surface area contributed by atoms with Gasteiger partial charge < -0.3 is 10.2 Å². The van der Waals surface area contributed by atoms with E-state index >= 15 is 0 Å². The number of carbonyl (C=O) groups excluding carboxylic acids is 2. The van der Waals surface area contributed by atoms with Crippen LogP contribution in [0.1, 0.15) is 10.9 Å². The smallest absolute Gasteiger partial charge is 0.248 e. The van der Waals surface area contributed by atoms with Crippen molar-refractivity contribution >= 4 is 23.7 Å². The van der Waals surface area contributed by atoms with Gasteiger partial charge in [0.05, 0.1) is 0 Å². The van der Waals surface area contributed by atoms with E-state index in [9.17, 15) is 9.59 Å². The molecule has 2 amide bonds. The number of amides is 2. The topological polar surface area (TPSA) is 49.4 Å². The molecule has 1 N–H and O–H groups in total. The van der Waals surface area contributed by atoms with Gasteiger partial charge in [0.15, 0.2) is 0 Å². The largest absolute Gasteiger partial charge is 0.352 e. The Morgan fingerprint density at radius 2 is 2.50 bits per heavy atom. The second-order valence-corrected chi connectivity index (χ2v) is 4.03. The first-order valence-electron chi connectivity index (χ1n) is 4.35. The van der Waals surface area contributed by atoms with Crippen molar-refractivity contribution < 1.29 is 9.59 Å². The highest BCUT2D eigenvalue weighted by Crippen LogP contribution is 2.25. The van der Waals surface area contributed by atoms with E-state index in [4.69, 9.17) is 0 Å². The molecule has 0 spiro atoms. The van der Waals surface area contributed by atoms with E-state index in [0.29, 0.717) is 13.1 Å². The molecule has 0 radical (unpaired) electrons.